The Kier molecular flexibility index (Phi) is 6.84. The van der Waals surface area contributed by atoms with Gasteiger partial charge in [0.15, 0.2) is 0 Å². The van der Waals surface area contributed by atoms with E-state index in [1.165, 1.54) is 12.8 Å². The molecule has 1 saturated carbocycles. The first-order chi connectivity index (χ1) is 10.9. The summed E-state index contributed by atoms with van der Waals surface area (Å²) in [5, 5.41) is 3.17. The van der Waals surface area contributed by atoms with Crippen molar-refractivity contribution in [2.45, 2.75) is 58.0 Å². The third-order valence-corrected chi connectivity index (χ3v) is 4.97. The highest BCUT2D eigenvalue weighted by Gasteiger charge is 2.24. The van der Waals surface area contributed by atoms with Crippen LogP contribution in [0.3, 0.4) is 0 Å². The smallest absolute Gasteiger partial charge is 0.234 e. The second-order valence-corrected chi connectivity index (χ2v) is 7.36. The molecular weight excluding hydrogens is 292 g/mol. The molecule has 1 atom stereocenters. The van der Waals surface area contributed by atoms with E-state index in [2.05, 4.69) is 17.1 Å². The Morgan fingerprint density at radius 1 is 1.13 bits per heavy atom. The molecule has 0 spiro atoms. The van der Waals surface area contributed by atoms with E-state index in [0.29, 0.717) is 32.1 Å². The molecule has 0 aromatic heterocycles. The first-order valence-electron chi connectivity index (χ1n) is 8.99. The van der Waals surface area contributed by atoms with Gasteiger partial charge >= 0.3 is 0 Å². The van der Waals surface area contributed by atoms with Crippen molar-refractivity contribution in [3.8, 4) is 0 Å². The highest BCUT2D eigenvalue weighted by Crippen LogP contribution is 2.23. The second kappa shape index (κ2) is 8.64. The minimum atomic E-state index is -0.0930. The molecule has 132 valence electrons. The lowest BCUT2D eigenvalue weighted by Gasteiger charge is -2.35. The average molecular weight is 324 g/mol. The number of hydrogen-bond donors (Lipinski definition) is 2. The summed E-state index contributed by atoms with van der Waals surface area (Å²) in [6, 6.07) is 0.261. The number of piperazine rings is 1. The Labute approximate surface area is 139 Å². The van der Waals surface area contributed by atoms with Crippen LogP contribution in [0, 0.1) is 5.92 Å². The number of nitrogens with two attached hydrogens (primary N) is 1. The summed E-state index contributed by atoms with van der Waals surface area (Å²) < 4.78 is 0. The lowest BCUT2D eigenvalue weighted by Crippen LogP contribution is -2.52. The van der Waals surface area contributed by atoms with Crippen LogP contribution < -0.4 is 11.1 Å². The summed E-state index contributed by atoms with van der Waals surface area (Å²) >= 11 is 0. The number of hydrogen-bond acceptors (Lipinski definition) is 4. The van der Waals surface area contributed by atoms with E-state index < -0.39 is 0 Å². The van der Waals surface area contributed by atoms with Gasteiger partial charge in [0, 0.05) is 44.7 Å². The molecule has 1 aliphatic heterocycles. The molecule has 0 aromatic carbocycles. The van der Waals surface area contributed by atoms with Crippen molar-refractivity contribution in [3.63, 3.8) is 0 Å². The summed E-state index contributed by atoms with van der Waals surface area (Å²) in [5.74, 6) is 1.05. The molecule has 2 rings (SSSR count). The summed E-state index contributed by atoms with van der Waals surface area (Å²) in [4.78, 5) is 28.1. The minimum Gasteiger partial charge on any atom is -0.352 e. The van der Waals surface area contributed by atoms with E-state index >= 15 is 0 Å². The highest BCUT2D eigenvalue weighted by molar-refractivity contribution is 5.78. The minimum absolute atomic E-state index is 0.0930. The van der Waals surface area contributed by atoms with Crippen molar-refractivity contribution < 1.29 is 9.59 Å². The van der Waals surface area contributed by atoms with Crippen LogP contribution >= 0.6 is 0 Å². The third kappa shape index (κ3) is 6.11. The number of amides is 2. The van der Waals surface area contributed by atoms with Gasteiger partial charge in [0.2, 0.25) is 11.8 Å². The molecule has 1 heterocycles. The molecule has 2 aliphatic rings. The normalized spacial score (nSPS) is 27.5. The van der Waals surface area contributed by atoms with Crippen molar-refractivity contribution in [2.24, 2.45) is 11.7 Å². The largest absolute Gasteiger partial charge is 0.352 e. The zero-order valence-electron chi connectivity index (χ0n) is 14.6. The van der Waals surface area contributed by atoms with Crippen LogP contribution in [0.5, 0.6) is 0 Å². The fourth-order valence-electron chi connectivity index (χ4n) is 3.44. The van der Waals surface area contributed by atoms with E-state index in [4.69, 9.17) is 5.73 Å². The average Bonchev–Trinajstić information content (AvgIpc) is 2.49. The van der Waals surface area contributed by atoms with Gasteiger partial charge < -0.3 is 16.0 Å². The zero-order valence-corrected chi connectivity index (χ0v) is 14.6. The third-order valence-electron chi connectivity index (χ3n) is 4.97. The Balaban J connectivity index is 1.65. The SMILES string of the molecule is CC(N)CC(=O)N1CCN(CC(=O)NC2CCC(C)CC2)CC1. The molecule has 1 aliphatic carbocycles. The lowest BCUT2D eigenvalue weighted by molar-refractivity contribution is -0.133. The van der Waals surface area contributed by atoms with Gasteiger partial charge in [-0.2, -0.15) is 0 Å². The Morgan fingerprint density at radius 2 is 1.74 bits per heavy atom. The van der Waals surface area contributed by atoms with Gasteiger partial charge in [-0.3, -0.25) is 14.5 Å². The maximum absolute atomic E-state index is 12.2. The van der Waals surface area contributed by atoms with E-state index in [1.807, 2.05) is 11.8 Å². The Hall–Kier alpha value is -1.14. The molecule has 0 aromatic rings. The zero-order chi connectivity index (χ0) is 16.8. The van der Waals surface area contributed by atoms with Crippen LogP contribution in [-0.4, -0.2) is 66.4 Å². The highest BCUT2D eigenvalue weighted by atomic mass is 16.2. The van der Waals surface area contributed by atoms with E-state index in [0.717, 1.165) is 31.8 Å². The van der Waals surface area contributed by atoms with Crippen LogP contribution in [0.15, 0.2) is 0 Å². The summed E-state index contributed by atoms with van der Waals surface area (Å²) in [6.45, 7) is 7.50. The molecule has 6 heteroatoms. The van der Waals surface area contributed by atoms with Gasteiger partial charge in [-0.25, -0.2) is 0 Å². The van der Waals surface area contributed by atoms with Gasteiger partial charge in [0.05, 0.1) is 6.54 Å². The molecule has 6 nitrogen and oxygen atoms in total. The van der Waals surface area contributed by atoms with Crippen LogP contribution in [0.1, 0.15) is 46.0 Å². The fraction of sp³-hybridized carbons (Fsp3) is 0.882. The molecule has 2 amide bonds. The molecule has 0 radical (unpaired) electrons. The standard InChI is InChI=1S/C17H32N4O2/c1-13-3-5-15(6-4-13)19-16(22)12-20-7-9-21(10-8-20)17(23)11-14(2)18/h13-15H,3-12,18H2,1-2H3,(H,19,22). The molecule has 1 saturated heterocycles. The molecule has 23 heavy (non-hydrogen) atoms. The number of rotatable bonds is 5. The van der Waals surface area contributed by atoms with Gasteiger partial charge in [-0.15, -0.1) is 0 Å². The fourth-order valence-corrected chi connectivity index (χ4v) is 3.44. The predicted molar refractivity (Wildman–Crippen MR) is 90.8 cm³/mol. The van der Waals surface area contributed by atoms with E-state index in [9.17, 15) is 9.59 Å². The van der Waals surface area contributed by atoms with E-state index in [1.54, 1.807) is 0 Å². The predicted octanol–water partition coefficient (Wildman–Crippen LogP) is 0.563. The first kappa shape index (κ1) is 18.2. The van der Waals surface area contributed by atoms with Crippen molar-refractivity contribution >= 4 is 11.8 Å². The van der Waals surface area contributed by atoms with Gasteiger partial charge in [0.25, 0.3) is 0 Å². The number of nitrogens with one attached hydrogen (secondary N) is 1. The maximum atomic E-state index is 12.2. The first-order valence-corrected chi connectivity index (χ1v) is 8.99. The second-order valence-electron chi connectivity index (χ2n) is 7.36. The van der Waals surface area contributed by atoms with E-state index in [-0.39, 0.29) is 17.9 Å². The number of carbonyl (C=O) groups is 2. The van der Waals surface area contributed by atoms with Crippen molar-refractivity contribution in [2.75, 3.05) is 32.7 Å². The molecular formula is C17H32N4O2. The van der Waals surface area contributed by atoms with Crippen LogP contribution in [0.2, 0.25) is 0 Å². The molecule has 1 unspecified atom stereocenters. The van der Waals surface area contributed by atoms with Gasteiger partial charge in [-0.1, -0.05) is 6.92 Å². The number of carbonyl (C=O) groups excluding carboxylic acids is 2. The summed E-state index contributed by atoms with van der Waals surface area (Å²) in [5.41, 5.74) is 5.68. The monoisotopic (exact) mass is 324 g/mol. The van der Waals surface area contributed by atoms with Crippen molar-refractivity contribution in [1.82, 2.24) is 15.1 Å². The molecule has 3 N–H and O–H groups in total. The number of nitrogens with zero attached hydrogens (tertiary/aromatic N) is 2. The summed E-state index contributed by atoms with van der Waals surface area (Å²) in [7, 11) is 0. The summed E-state index contributed by atoms with van der Waals surface area (Å²) in [6.07, 6.45) is 5.04. The lowest BCUT2D eigenvalue weighted by atomic mass is 9.87. The van der Waals surface area contributed by atoms with Crippen molar-refractivity contribution in [1.29, 1.82) is 0 Å². The van der Waals surface area contributed by atoms with Crippen LogP contribution in [0.25, 0.3) is 0 Å². The molecule has 2 fully saturated rings. The Bertz CT molecular complexity index is 397. The van der Waals surface area contributed by atoms with Crippen LogP contribution in [0.4, 0.5) is 0 Å². The topological polar surface area (TPSA) is 78.7 Å². The van der Waals surface area contributed by atoms with Crippen LogP contribution in [-0.2, 0) is 9.59 Å². The molecule has 0 bridgehead atoms. The van der Waals surface area contributed by atoms with Gasteiger partial charge in [-0.05, 0) is 38.5 Å². The Morgan fingerprint density at radius 3 is 2.30 bits per heavy atom. The maximum Gasteiger partial charge on any atom is 0.234 e. The quantitative estimate of drug-likeness (QED) is 0.775. The van der Waals surface area contributed by atoms with Gasteiger partial charge in [0.1, 0.15) is 0 Å². The van der Waals surface area contributed by atoms with Crippen molar-refractivity contribution in [3.05, 3.63) is 0 Å².